The standard InChI is InChI=1S/C17H20N2O2/c1-11-4-6-13(7-5-11)12(2)19-17(20)15-9-8-14(21-3)10-16(15)18/h4-10,12H,18H2,1-3H3,(H,19,20). The molecule has 2 rings (SSSR count). The van der Waals surface area contributed by atoms with Crippen molar-refractivity contribution in [2.24, 2.45) is 0 Å². The van der Waals surface area contributed by atoms with Crippen LogP contribution in [0.2, 0.25) is 0 Å². The quantitative estimate of drug-likeness (QED) is 0.848. The molecule has 4 nitrogen and oxygen atoms in total. The van der Waals surface area contributed by atoms with Gasteiger partial charge in [-0.3, -0.25) is 4.79 Å². The maximum Gasteiger partial charge on any atom is 0.253 e. The summed E-state index contributed by atoms with van der Waals surface area (Å²) < 4.78 is 5.08. The predicted octanol–water partition coefficient (Wildman–Crippen LogP) is 3.08. The normalized spacial score (nSPS) is 11.8. The summed E-state index contributed by atoms with van der Waals surface area (Å²) >= 11 is 0. The molecule has 0 spiro atoms. The maximum atomic E-state index is 12.3. The van der Waals surface area contributed by atoms with Gasteiger partial charge in [0.1, 0.15) is 5.75 Å². The van der Waals surface area contributed by atoms with Gasteiger partial charge in [-0.2, -0.15) is 0 Å². The van der Waals surface area contributed by atoms with Gasteiger partial charge in [0.15, 0.2) is 0 Å². The summed E-state index contributed by atoms with van der Waals surface area (Å²) in [5.74, 6) is 0.443. The molecular formula is C17H20N2O2. The molecule has 1 unspecified atom stereocenters. The molecule has 2 aromatic rings. The lowest BCUT2D eigenvalue weighted by molar-refractivity contribution is 0.0941. The first-order valence-corrected chi connectivity index (χ1v) is 6.82. The third-order valence-corrected chi connectivity index (χ3v) is 3.43. The number of ether oxygens (including phenoxy) is 1. The summed E-state index contributed by atoms with van der Waals surface area (Å²) in [5, 5.41) is 2.95. The van der Waals surface area contributed by atoms with Crippen molar-refractivity contribution in [3.63, 3.8) is 0 Å². The van der Waals surface area contributed by atoms with Gasteiger partial charge in [-0.25, -0.2) is 0 Å². The molecule has 4 heteroatoms. The molecule has 110 valence electrons. The number of nitrogen functional groups attached to an aromatic ring is 1. The first-order valence-electron chi connectivity index (χ1n) is 6.82. The first kappa shape index (κ1) is 14.9. The number of hydrogen-bond acceptors (Lipinski definition) is 3. The monoisotopic (exact) mass is 284 g/mol. The zero-order valence-electron chi connectivity index (χ0n) is 12.5. The molecule has 0 aromatic heterocycles. The van der Waals surface area contributed by atoms with Crippen molar-refractivity contribution in [1.29, 1.82) is 0 Å². The number of nitrogens with one attached hydrogen (secondary N) is 1. The number of hydrogen-bond donors (Lipinski definition) is 2. The van der Waals surface area contributed by atoms with Crippen LogP contribution in [-0.4, -0.2) is 13.0 Å². The minimum atomic E-state index is -0.191. The second kappa shape index (κ2) is 6.31. The van der Waals surface area contributed by atoms with Crippen molar-refractivity contribution in [3.05, 3.63) is 59.2 Å². The van der Waals surface area contributed by atoms with E-state index in [9.17, 15) is 4.79 Å². The summed E-state index contributed by atoms with van der Waals surface area (Å²) in [5.41, 5.74) is 9.00. The van der Waals surface area contributed by atoms with E-state index in [1.165, 1.54) is 5.56 Å². The van der Waals surface area contributed by atoms with E-state index >= 15 is 0 Å². The van der Waals surface area contributed by atoms with Crippen LogP contribution < -0.4 is 15.8 Å². The topological polar surface area (TPSA) is 64.3 Å². The minimum Gasteiger partial charge on any atom is -0.497 e. The van der Waals surface area contributed by atoms with Crippen LogP contribution in [0.4, 0.5) is 5.69 Å². The van der Waals surface area contributed by atoms with Crippen molar-refractivity contribution in [1.82, 2.24) is 5.32 Å². The first-order chi connectivity index (χ1) is 10.0. The van der Waals surface area contributed by atoms with Gasteiger partial charge in [-0.05, 0) is 31.5 Å². The number of aryl methyl sites for hydroxylation is 1. The summed E-state index contributed by atoms with van der Waals surface area (Å²) in [7, 11) is 1.56. The van der Waals surface area contributed by atoms with Gasteiger partial charge in [0, 0.05) is 11.8 Å². The zero-order chi connectivity index (χ0) is 15.4. The molecule has 0 radical (unpaired) electrons. The van der Waals surface area contributed by atoms with Gasteiger partial charge in [0.05, 0.1) is 18.7 Å². The highest BCUT2D eigenvalue weighted by molar-refractivity contribution is 5.99. The van der Waals surface area contributed by atoms with Crippen LogP contribution in [0.15, 0.2) is 42.5 Å². The Morgan fingerprint density at radius 3 is 2.43 bits per heavy atom. The molecule has 21 heavy (non-hydrogen) atoms. The van der Waals surface area contributed by atoms with Crippen LogP contribution in [0.1, 0.15) is 34.5 Å². The second-order valence-electron chi connectivity index (χ2n) is 5.06. The Bertz CT molecular complexity index is 636. The fourth-order valence-corrected chi connectivity index (χ4v) is 2.09. The highest BCUT2D eigenvalue weighted by Gasteiger charge is 2.14. The Morgan fingerprint density at radius 2 is 1.86 bits per heavy atom. The van der Waals surface area contributed by atoms with Crippen molar-refractivity contribution in [3.8, 4) is 5.75 Å². The molecule has 0 aliphatic heterocycles. The van der Waals surface area contributed by atoms with Crippen molar-refractivity contribution in [2.45, 2.75) is 19.9 Å². The number of amides is 1. The van der Waals surface area contributed by atoms with E-state index < -0.39 is 0 Å². The fraction of sp³-hybridized carbons (Fsp3) is 0.235. The van der Waals surface area contributed by atoms with E-state index in [2.05, 4.69) is 5.32 Å². The van der Waals surface area contributed by atoms with E-state index in [1.54, 1.807) is 25.3 Å². The Kier molecular flexibility index (Phi) is 4.48. The SMILES string of the molecule is COc1ccc(C(=O)NC(C)c2ccc(C)cc2)c(N)c1. The molecule has 3 N–H and O–H groups in total. The summed E-state index contributed by atoms with van der Waals surface area (Å²) in [6.07, 6.45) is 0. The lowest BCUT2D eigenvalue weighted by Crippen LogP contribution is -2.27. The highest BCUT2D eigenvalue weighted by Crippen LogP contribution is 2.21. The van der Waals surface area contributed by atoms with Crippen LogP contribution in [0, 0.1) is 6.92 Å². The molecule has 1 atom stereocenters. The van der Waals surface area contributed by atoms with Gasteiger partial charge in [0.25, 0.3) is 5.91 Å². The van der Waals surface area contributed by atoms with E-state index in [0.29, 0.717) is 17.0 Å². The molecule has 0 saturated heterocycles. The summed E-state index contributed by atoms with van der Waals surface area (Å²) in [4.78, 5) is 12.3. The third kappa shape index (κ3) is 3.54. The molecule has 0 heterocycles. The number of benzene rings is 2. The molecule has 0 saturated carbocycles. The van der Waals surface area contributed by atoms with Gasteiger partial charge in [0.2, 0.25) is 0 Å². The Morgan fingerprint density at radius 1 is 1.19 bits per heavy atom. The van der Waals surface area contributed by atoms with Crippen molar-refractivity contribution < 1.29 is 9.53 Å². The molecular weight excluding hydrogens is 264 g/mol. The predicted molar refractivity (Wildman–Crippen MR) is 84.5 cm³/mol. The number of anilines is 1. The lowest BCUT2D eigenvalue weighted by Gasteiger charge is -2.15. The number of carbonyl (C=O) groups is 1. The second-order valence-corrected chi connectivity index (χ2v) is 5.06. The van der Waals surface area contributed by atoms with Crippen molar-refractivity contribution in [2.75, 3.05) is 12.8 Å². The fourth-order valence-electron chi connectivity index (χ4n) is 2.09. The zero-order valence-corrected chi connectivity index (χ0v) is 12.5. The van der Waals surface area contributed by atoms with Crippen LogP contribution in [0.5, 0.6) is 5.75 Å². The van der Waals surface area contributed by atoms with E-state index in [-0.39, 0.29) is 11.9 Å². The van der Waals surface area contributed by atoms with Crippen molar-refractivity contribution >= 4 is 11.6 Å². The Labute approximate surface area is 124 Å². The molecule has 0 aliphatic carbocycles. The van der Waals surface area contributed by atoms with E-state index in [4.69, 9.17) is 10.5 Å². The van der Waals surface area contributed by atoms with Gasteiger partial charge in [-0.15, -0.1) is 0 Å². The highest BCUT2D eigenvalue weighted by atomic mass is 16.5. The van der Waals surface area contributed by atoms with Gasteiger partial charge < -0.3 is 15.8 Å². The van der Waals surface area contributed by atoms with Crippen LogP contribution in [0.25, 0.3) is 0 Å². The Balaban J connectivity index is 2.12. The molecule has 0 bridgehead atoms. The number of nitrogens with two attached hydrogens (primary N) is 1. The van der Waals surface area contributed by atoms with Gasteiger partial charge in [-0.1, -0.05) is 29.8 Å². The summed E-state index contributed by atoms with van der Waals surface area (Å²) in [6, 6.07) is 13.0. The number of methoxy groups -OCH3 is 1. The molecule has 1 amide bonds. The van der Waals surface area contributed by atoms with Crippen LogP contribution >= 0.6 is 0 Å². The average Bonchev–Trinajstić information content (AvgIpc) is 2.47. The molecule has 2 aromatic carbocycles. The Hall–Kier alpha value is -2.49. The summed E-state index contributed by atoms with van der Waals surface area (Å²) in [6.45, 7) is 3.98. The lowest BCUT2D eigenvalue weighted by atomic mass is 10.1. The molecule has 0 fully saturated rings. The maximum absolute atomic E-state index is 12.3. The van der Waals surface area contributed by atoms with Crippen LogP contribution in [0.3, 0.4) is 0 Å². The average molecular weight is 284 g/mol. The number of carbonyl (C=O) groups excluding carboxylic acids is 1. The third-order valence-electron chi connectivity index (χ3n) is 3.43. The van der Waals surface area contributed by atoms with E-state index in [1.807, 2.05) is 38.1 Å². The van der Waals surface area contributed by atoms with E-state index in [0.717, 1.165) is 5.56 Å². The molecule has 0 aliphatic rings. The number of rotatable bonds is 4. The minimum absolute atomic E-state index is 0.0837. The largest absolute Gasteiger partial charge is 0.497 e. The van der Waals surface area contributed by atoms with Gasteiger partial charge >= 0.3 is 0 Å². The smallest absolute Gasteiger partial charge is 0.253 e. The van der Waals surface area contributed by atoms with Crippen LogP contribution in [-0.2, 0) is 0 Å².